The van der Waals surface area contributed by atoms with Crippen LogP contribution in [-0.4, -0.2) is 29.8 Å². The molecule has 104 valence electrons. The zero-order chi connectivity index (χ0) is 14.1. The lowest BCUT2D eigenvalue weighted by atomic mass is 10.0. The van der Waals surface area contributed by atoms with Gasteiger partial charge in [-0.1, -0.05) is 23.7 Å². The number of hydrogen-bond donors (Lipinski definition) is 1. The van der Waals surface area contributed by atoms with Crippen LogP contribution in [0.15, 0.2) is 30.0 Å². The summed E-state index contributed by atoms with van der Waals surface area (Å²) in [6, 6.07) is 7.02. The van der Waals surface area contributed by atoms with Crippen LogP contribution in [0.1, 0.15) is 24.8 Å². The van der Waals surface area contributed by atoms with E-state index in [0.717, 1.165) is 31.5 Å². The highest BCUT2D eigenvalue weighted by Crippen LogP contribution is 2.29. The minimum Gasteiger partial charge on any atom is -0.366 e. The Morgan fingerprint density at radius 1 is 0.950 bits per heavy atom. The molecule has 0 spiro atoms. The number of amides is 2. The third-order valence-electron chi connectivity index (χ3n) is 3.71. The molecule has 0 bridgehead atoms. The van der Waals surface area contributed by atoms with E-state index in [0.29, 0.717) is 16.3 Å². The molecule has 0 aromatic heterocycles. The van der Waals surface area contributed by atoms with Crippen molar-refractivity contribution in [3.05, 3.63) is 40.5 Å². The number of carbonyl (C=O) groups excluding carboxylic acids is 2. The van der Waals surface area contributed by atoms with E-state index in [1.165, 1.54) is 6.42 Å². The predicted octanol–water partition coefficient (Wildman–Crippen LogP) is 2.19. The molecule has 2 heterocycles. The molecule has 1 aromatic carbocycles. The maximum atomic E-state index is 12.1. The average molecular weight is 291 g/mol. The Hall–Kier alpha value is -1.81. The van der Waals surface area contributed by atoms with E-state index in [9.17, 15) is 9.59 Å². The summed E-state index contributed by atoms with van der Waals surface area (Å²) in [6.07, 6.45) is 3.29. The van der Waals surface area contributed by atoms with E-state index in [4.69, 9.17) is 11.6 Å². The number of carbonyl (C=O) groups is 2. The Bertz CT molecular complexity index is 586. The Morgan fingerprint density at radius 3 is 2.25 bits per heavy atom. The lowest BCUT2D eigenvalue weighted by Gasteiger charge is -2.29. The maximum absolute atomic E-state index is 12.1. The molecule has 1 fully saturated rings. The average Bonchev–Trinajstić information content (AvgIpc) is 2.75. The lowest BCUT2D eigenvalue weighted by molar-refractivity contribution is -0.124. The Morgan fingerprint density at radius 2 is 1.60 bits per heavy atom. The number of halogens is 1. The van der Waals surface area contributed by atoms with E-state index in [2.05, 4.69) is 5.32 Å². The van der Waals surface area contributed by atoms with Crippen LogP contribution in [-0.2, 0) is 9.59 Å². The molecule has 1 saturated heterocycles. The molecule has 1 N–H and O–H groups in total. The topological polar surface area (TPSA) is 49.4 Å². The van der Waals surface area contributed by atoms with E-state index in [1.807, 2.05) is 4.90 Å². The second-order valence-corrected chi connectivity index (χ2v) is 5.50. The van der Waals surface area contributed by atoms with Gasteiger partial charge in [-0.15, -0.1) is 0 Å². The number of benzene rings is 1. The smallest absolute Gasteiger partial charge is 0.275 e. The van der Waals surface area contributed by atoms with Gasteiger partial charge in [0.15, 0.2) is 0 Å². The standard InChI is InChI=1S/C15H15ClN2O2/c16-11-6-4-10(5-7-11)12-13(15(20)17-14(12)19)18-8-2-1-3-9-18/h4-7H,1-3,8-9H2,(H,17,19,20). The molecule has 2 aliphatic heterocycles. The molecule has 0 saturated carbocycles. The Labute approximate surface area is 122 Å². The van der Waals surface area contributed by atoms with Crippen LogP contribution in [0.4, 0.5) is 0 Å². The van der Waals surface area contributed by atoms with Gasteiger partial charge in [-0.3, -0.25) is 14.9 Å². The molecule has 20 heavy (non-hydrogen) atoms. The highest BCUT2D eigenvalue weighted by Gasteiger charge is 2.35. The van der Waals surface area contributed by atoms with E-state index < -0.39 is 0 Å². The van der Waals surface area contributed by atoms with E-state index in [1.54, 1.807) is 24.3 Å². The molecule has 0 radical (unpaired) electrons. The predicted molar refractivity (Wildman–Crippen MR) is 76.9 cm³/mol. The summed E-state index contributed by atoms with van der Waals surface area (Å²) in [5.74, 6) is -0.611. The molecule has 4 nitrogen and oxygen atoms in total. The van der Waals surface area contributed by atoms with Crippen molar-refractivity contribution in [2.45, 2.75) is 19.3 Å². The largest absolute Gasteiger partial charge is 0.366 e. The number of hydrogen-bond acceptors (Lipinski definition) is 3. The highest BCUT2D eigenvalue weighted by molar-refractivity contribution is 6.36. The molecule has 1 aromatic rings. The minimum atomic E-state index is -0.321. The fraction of sp³-hybridized carbons (Fsp3) is 0.333. The van der Waals surface area contributed by atoms with Crippen LogP contribution < -0.4 is 5.32 Å². The first-order valence-electron chi connectivity index (χ1n) is 6.77. The number of rotatable bonds is 2. The van der Waals surface area contributed by atoms with Gasteiger partial charge in [0.05, 0.1) is 5.57 Å². The normalized spacial score (nSPS) is 19.6. The van der Waals surface area contributed by atoms with Gasteiger partial charge in [-0.25, -0.2) is 0 Å². The third kappa shape index (κ3) is 2.31. The maximum Gasteiger partial charge on any atom is 0.275 e. The fourth-order valence-corrected chi connectivity index (χ4v) is 2.88. The van der Waals surface area contributed by atoms with Crippen molar-refractivity contribution in [1.82, 2.24) is 10.2 Å². The Kier molecular flexibility index (Phi) is 3.49. The number of nitrogens with zero attached hydrogens (tertiary/aromatic N) is 1. The zero-order valence-electron chi connectivity index (χ0n) is 11.0. The zero-order valence-corrected chi connectivity index (χ0v) is 11.7. The van der Waals surface area contributed by atoms with Crippen molar-refractivity contribution < 1.29 is 9.59 Å². The van der Waals surface area contributed by atoms with Gasteiger partial charge in [0.25, 0.3) is 11.8 Å². The summed E-state index contributed by atoms with van der Waals surface area (Å²) < 4.78 is 0. The summed E-state index contributed by atoms with van der Waals surface area (Å²) >= 11 is 5.87. The van der Waals surface area contributed by atoms with Crippen molar-refractivity contribution in [2.75, 3.05) is 13.1 Å². The molecule has 3 rings (SSSR count). The number of imide groups is 1. The van der Waals surface area contributed by atoms with E-state index >= 15 is 0 Å². The fourth-order valence-electron chi connectivity index (χ4n) is 2.75. The van der Waals surface area contributed by atoms with Crippen molar-refractivity contribution in [2.24, 2.45) is 0 Å². The number of piperidine rings is 1. The first-order valence-corrected chi connectivity index (χ1v) is 7.15. The van der Waals surface area contributed by atoms with Crippen LogP contribution in [0, 0.1) is 0 Å². The van der Waals surface area contributed by atoms with Crippen molar-refractivity contribution in [3.8, 4) is 0 Å². The molecule has 0 atom stereocenters. The minimum absolute atomic E-state index is 0.290. The lowest BCUT2D eigenvalue weighted by Crippen LogP contribution is -2.34. The SMILES string of the molecule is O=C1NC(=O)C(N2CCCCC2)=C1c1ccc(Cl)cc1. The van der Waals surface area contributed by atoms with Crippen LogP contribution in [0.25, 0.3) is 5.57 Å². The van der Waals surface area contributed by atoms with Crippen molar-refractivity contribution in [1.29, 1.82) is 0 Å². The molecule has 0 aliphatic carbocycles. The molecular formula is C15H15ClN2O2. The molecule has 2 amide bonds. The van der Waals surface area contributed by atoms with Gasteiger partial charge in [0.2, 0.25) is 0 Å². The van der Waals surface area contributed by atoms with Crippen molar-refractivity contribution in [3.63, 3.8) is 0 Å². The summed E-state index contributed by atoms with van der Waals surface area (Å²) in [7, 11) is 0. The summed E-state index contributed by atoms with van der Waals surface area (Å²) in [5, 5.41) is 3.01. The monoisotopic (exact) mass is 290 g/mol. The number of likely N-dealkylation sites (tertiary alicyclic amines) is 1. The summed E-state index contributed by atoms with van der Waals surface area (Å²) in [6.45, 7) is 1.65. The van der Waals surface area contributed by atoms with Crippen LogP contribution in [0.3, 0.4) is 0 Å². The van der Waals surface area contributed by atoms with Gasteiger partial charge in [-0.2, -0.15) is 0 Å². The van der Waals surface area contributed by atoms with Gasteiger partial charge >= 0.3 is 0 Å². The number of nitrogens with one attached hydrogen (secondary N) is 1. The summed E-state index contributed by atoms with van der Waals surface area (Å²) in [4.78, 5) is 26.2. The quantitative estimate of drug-likeness (QED) is 0.850. The van der Waals surface area contributed by atoms with Crippen LogP contribution in [0.2, 0.25) is 5.02 Å². The third-order valence-corrected chi connectivity index (χ3v) is 3.96. The van der Waals surface area contributed by atoms with Gasteiger partial charge in [-0.05, 0) is 37.0 Å². The molecule has 5 heteroatoms. The van der Waals surface area contributed by atoms with Crippen molar-refractivity contribution >= 4 is 29.0 Å². The van der Waals surface area contributed by atoms with E-state index in [-0.39, 0.29) is 11.8 Å². The molecule has 0 unspecified atom stereocenters. The van der Waals surface area contributed by atoms with Gasteiger partial charge in [0.1, 0.15) is 5.70 Å². The molecule has 2 aliphatic rings. The first kappa shape index (κ1) is 13.2. The highest BCUT2D eigenvalue weighted by atomic mass is 35.5. The second-order valence-electron chi connectivity index (χ2n) is 5.06. The van der Waals surface area contributed by atoms with Crippen LogP contribution in [0.5, 0.6) is 0 Å². The summed E-state index contributed by atoms with van der Waals surface area (Å²) in [5.41, 5.74) is 1.71. The molecular weight excluding hydrogens is 276 g/mol. The van der Waals surface area contributed by atoms with Gasteiger partial charge < -0.3 is 4.90 Å². The second kappa shape index (κ2) is 5.29. The Balaban J connectivity index is 2.05. The van der Waals surface area contributed by atoms with Gasteiger partial charge in [0, 0.05) is 18.1 Å². The first-order chi connectivity index (χ1) is 9.66. The van der Waals surface area contributed by atoms with Crippen LogP contribution >= 0.6 is 11.6 Å².